The highest BCUT2D eigenvalue weighted by Crippen LogP contribution is 2.57. The normalized spacial score (nSPS) is 13.4. The fourth-order valence-corrected chi connectivity index (χ4v) is 9.61. The van der Waals surface area contributed by atoms with Gasteiger partial charge in [-0.25, -0.2) is 15.0 Å². The molecule has 1 aliphatic rings. The van der Waals surface area contributed by atoms with Crippen LogP contribution in [0, 0.1) is 0 Å². The van der Waals surface area contributed by atoms with Gasteiger partial charge in [-0.1, -0.05) is 172 Å². The molecular weight excluding hydrogens is 721 g/mol. The molecule has 0 amide bonds. The second kappa shape index (κ2) is 12.7. The van der Waals surface area contributed by atoms with Gasteiger partial charge in [0.1, 0.15) is 5.58 Å². The Morgan fingerprint density at radius 2 is 0.881 bits per heavy atom. The zero-order valence-electron chi connectivity index (χ0n) is 32.5. The van der Waals surface area contributed by atoms with Crippen LogP contribution in [0.15, 0.2) is 186 Å². The summed E-state index contributed by atoms with van der Waals surface area (Å²) in [6.45, 7) is 4.75. The molecule has 3 heterocycles. The van der Waals surface area contributed by atoms with Crippen molar-refractivity contribution >= 4 is 71.3 Å². The van der Waals surface area contributed by atoms with Crippen molar-refractivity contribution < 1.29 is 4.42 Å². The van der Waals surface area contributed by atoms with Crippen LogP contribution in [0.4, 0.5) is 17.1 Å². The van der Waals surface area contributed by atoms with Gasteiger partial charge in [-0.2, -0.15) is 0 Å². The zero-order chi connectivity index (χ0) is 39.2. The van der Waals surface area contributed by atoms with Crippen molar-refractivity contribution in [2.45, 2.75) is 19.3 Å². The van der Waals surface area contributed by atoms with Gasteiger partial charge in [-0.15, -0.1) is 0 Å². The van der Waals surface area contributed by atoms with Gasteiger partial charge in [0, 0.05) is 27.3 Å². The molecule has 278 valence electrons. The van der Waals surface area contributed by atoms with Crippen molar-refractivity contribution in [3.63, 3.8) is 0 Å². The van der Waals surface area contributed by atoms with Crippen molar-refractivity contribution in [1.29, 1.82) is 0 Å². The van der Waals surface area contributed by atoms with E-state index in [-0.39, 0.29) is 5.41 Å². The van der Waals surface area contributed by atoms with Crippen molar-refractivity contribution in [2.75, 3.05) is 4.90 Å². The van der Waals surface area contributed by atoms with Crippen LogP contribution in [0.3, 0.4) is 0 Å². The highest BCUT2D eigenvalue weighted by atomic mass is 16.3. The summed E-state index contributed by atoms with van der Waals surface area (Å²) in [5, 5.41) is 9.65. The molecule has 5 heteroatoms. The summed E-state index contributed by atoms with van der Waals surface area (Å²) in [6.07, 6.45) is 0. The molecule has 0 bridgehead atoms. The molecule has 11 aromatic rings. The molecule has 2 aromatic heterocycles. The molecule has 0 radical (unpaired) electrons. The standard InChI is InChI=1S/C54H36N4O/c1-54(2)43-28-13-14-29-44(43)58(45-32-31-39-37-23-10-9-21-35(37)36-22-11-12-24-38(36)47(39)48(45)54)46-30-16-26-41-40-25-15-27-42(49(40)59-50(41)46)53-56-51(33-17-5-3-6-18-33)55-52(57-53)34-19-7-4-8-20-34/h3-32H,1-2H3. The molecule has 1 aliphatic heterocycles. The Balaban J connectivity index is 1.13. The molecular formula is C54H36N4O. The monoisotopic (exact) mass is 756 g/mol. The lowest BCUT2D eigenvalue weighted by Crippen LogP contribution is -2.31. The van der Waals surface area contributed by atoms with E-state index in [1.54, 1.807) is 0 Å². The van der Waals surface area contributed by atoms with Crippen LogP contribution in [0.5, 0.6) is 0 Å². The van der Waals surface area contributed by atoms with Gasteiger partial charge in [0.25, 0.3) is 0 Å². The lowest BCUT2D eigenvalue weighted by Gasteiger charge is -2.43. The van der Waals surface area contributed by atoms with E-state index in [4.69, 9.17) is 19.4 Å². The third-order valence-corrected chi connectivity index (χ3v) is 12.3. The lowest BCUT2D eigenvalue weighted by molar-refractivity contribution is 0.637. The number of para-hydroxylation sites is 3. The predicted molar refractivity (Wildman–Crippen MR) is 243 cm³/mol. The quantitative estimate of drug-likeness (QED) is 0.167. The Bertz CT molecular complexity index is 3390. The van der Waals surface area contributed by atoms with Crippen molar-refractivity contribution in [1.82, 2.24) is 15.0 Å². The Labute approximate surface area is 340 Å². The van der Waals surface area contributed by atoms with Crippen LogP contribution in [-0.2, 0) is 5.41 Å². The molecule has 0 aliphatic carbocycles. The third-order valence-electron chi connectivity index (χ3n) is 12.3. The summed E-state index contributed by atoms with van der Waals surface area (Å²) in [6, 6.07) is 64.1. The first-order chi connectivity index (χ1) is 29.0. The minimum atomic E-state index is -0.312. The molecule has 0 saturated carbocycles. The maximum absolute atomic E-state index is 7.17. The molecule has 0 fully saturated rings. The number of anilines is 3. The molecule has 0 spiro atoms. The van der Waals surface area contributed by atoms with Crippen molar-refractivity contribution in [2.24, 2.45) is 0 Å². The average Bonchev–Trinajstić information content (AvgIpc) is 3.69. The number of hydrogen-bond donors (Lipinski definition) is 0. The predicted octanol–water partition coefficient (Wildman–Crippen LogP) is 14.3. The van der Waals surface area contributed by atoms with Crippen LogP contribution in [-0.4, -0.2) is 15.0 Å². The van der Waals surface area contributed by atoms with E-state index in [9.17, 15) is 0 Å². The first-order valence-electron chi connectivity index (χ1n) is 20.1. The van der Waals surface area contributed by atoms with E-state index in [1.807, 2.05) is 60.7 Å². The molecule has 0 N–H and O–H groups in total. The summed E-state index contributed by atoms with van der Waals surface area (Å²) in [5.74, 6) is 1.78. The first kappa shape index (κ1) is 33.5. The lowest BCUT2D eigenvalue weighted by atomic mass is 9.71. The number of furan rings is 1. The van der Waals surface area contributed by atoms with Gasteiger partial charge in [0.15, 0.2) is 23.1 Å². The molecule has 12 rings (SSSR count). The SMILES string of the molecule is CC1(C)c2ccccc2N(c2cccc3c2oc2c(-c4nc(-c5ccccc5)nc(-c5ccccc5)n4)cccc23)c2ccc3c4ccccc4c4ccccc4c3c21. The summed E-state index contributed by atoms with van der Waals surface area (Å²) in [7, 11) is 0. The fraction of sp³-hybridized carbons (Fsp3) is 0.0556. The Kier molecular flexibility index (Phi) is 7.20. The Hall–Kier alpha value is -7.63. The van der Waals surface area contributed by atoms with E-state index in [2.05, 4.69) is 140 Å². The molecule has 5 nitrogen and oxygen atoms in total. The first-order valence-corrected chi connectivity index (χ1v) is 20.1. The molecule has 59 heavy (non-hydrogen) atoms. The van der Waals surface area contributed by atoms with Crippen LogP contribution in [0.1, 0.15) is 25.0 Å². The van der Waals surface area contributed by atoms with Gasteiger partial charge in [0.05, 0.1) is 22.6 Å². The Morgan fingerprint density at radius 1 is 0.390 bits per heavy atom. The van der Waals surface area contributed by atoms with Gasteiger partial charge < -0.3 is 9.32 Å². The number of nitrogens with zero attached hydrogens (tertiary/aromatic N) is 4. The largest absolute Gasteiger partial charge is 0.453 e. The van der Waals surface area contributed by atoms with Crippen molar-refractivity contribution in [3.05, 3.63) is 193 Å². The molecule has 0 unspecified atom stereocenters. The van der Waals surface area contributed by atoms with E-state index in [0.717, 1.165) is 55.7 Å². The second-order valence-electron chi connectivity index (χ2n) is 15.9. The number of aromatic nitrogens is 3. The van der Waals surface area contributed by atoms with E-state index in [0.29, 0.717) is 17.5 Å². The van der Waals surface area contributed by atoms with Crippen LogP contribution < -0.4 is 4.90 Å². The smallest absolute Gasteiger partial charge is 0.167 e. The minimum Gasteiger partial charge on any atom is -0.453 e. The van der Waals surface area contributed by atoms with Gasteiger partial charge in [-0.3, -0.25) is 0 Å². The average molecular weight is 757 g/mol. The maximum atomic E-state index is 7.17. The molecule has 9 aromatic carbocycles. The van der Waals surface area contributed by atoms with Crippen LogP contribution >= 0.6 is 0 Å². The Morgan fingerprint density at radius 3 is 1.56 bits per heavy atom. The number of hydrogen-bond acceptors (Lipinski definition) is 5. The number of rotatable bonds is 4. The summed E-state index contributed by atoms with van der Waals surface area (Å²) >= 11 is 0. The van der Waals surface area contributed by atoms with Crippen LogP contribution in [0.25, 0.3) is 88.4 Å². The summed E-state index contributed by atoms with van der Waals surface area (Å²) in [5.41, 5.74) is 9.71. The molecule has 0 atom stereocenters. The maximum Gasteiger partial charge on any atom is 0.167 e. The van der Waals surface area contributed by atoms with E-state index in [1.165, 1.54) is 43.4 Å². The van der Waals surface area contributed by atoms with E-state index >= 15 is 0 Å². The van der Waals surface area contributed by atoms with Crippen LogP contribution in [0.2, 0.25) is 0 Å². The van der Waals surface area contributed by atoms with Gasteiger partial charge in [0.2, 0.25) is 0 Å². The highest BCUT2D eigenvalue weighted by molar-refractivity contribution is 6.27. The zero-order valence-corrected chi connectivity index (χ0v) is 32.5. The number of benzene rings is 9. The summed E-state index contributed by atoms with van der Waals surface area (Å²) in [4.78, 5) is 17.6. The second-order valence-corrected chi connectivity index (χ2v) is 15.9. The third kappa shape index (κ3) is 4.95. The molecule has 0 saturated heterocycles. The van der Waals surface area contributed by atoms with Crippen molar-refractivity contribution in [3.8, 4) is 34.2 Å². The fourth-order valence-electron chi connectivity index (χ4n) is 9.61. The van der Waals surface area contributed by atoms with E-state index < -0.39 is 0 Å². The highest BCUT2D eigenvalue weighted by Gasteiger charge is 2.39. The van der Waals surface area contributed by atoms with Gasteiger partial charge >= 0.3 is 0 Å². The minimum absolute atomic E-state index is 0.312. The topological polar surface area (TPSA) is 55.1 Å². The summed E-state index contributed by atoms with van der Waals surface area (Å²) < 4.78 is 7.17. The van der Waals surface area contributed by atoms with Gasteiger partial charge in [-0.05, 0) is 67.7 Å². The number of fused-ring (bicyclic) bond motifs is 12.